The highest BCUT2D eigenvalue weighted by Crippen LogP contribution is 2.56. The zero-order valence-corrected chi connectivity index (χ0v) is 16.6. The second-order valence-electron chi connectivity index (χ2n) is 7.54. The highest BCUT2D eigenvalue weighted by molar-refractivity contribution is 8.02. The molecule has 0 aromatic heterocycles. The Morgan fingerprint density at radius 2 is 1.93 bits per heavy atom. The van der Waals surface area contributed by atoms with Gasteiger partial charge in [-0.15, -0.1) is 0 Å². The van der Waals surface area contributed by atoms with Crippen molar-refractivity contribution in [2.75, 3.05) is 16.8 Å². The van der Waals surface area contributed by atoms with Crippen molar-refractivity contribution in [2.45, 2.75) is 41.9 Å². The number of anilines is 2. The number of hydrogen-bond donors (Lipinski definition) is 1. The standard InChI is InChI=1S/C22H20N2O4S/c25-19(23-16-9-8-14-4-3-5-15(14)12-16)13-28-21(27)22-11-10-20(26)24(22)17-6-1-2-7-18(17)29-22/h1-2,6-9,12H,3-5,10-11,13H2,(H,23,25)/t22-/m0/s1. The van der Waals surface area contributed by atoms with Crippen molar-refractivity contribution in [3.05, 3.63) is 53.6 Å². The summed E-state index contributed by atoms with van der Waals surface area (Å²) in [7, 11) is 0. The lowest BCUT2D eigenvalue weighted by Gasteiger charge is -2.28. The van der Waals surface area contributed by atoms with Crippen LogP contribution in [0.5, 0.6) is 0 Å². The lowest BCUT2D eigenvalue weighted by Crippen LogP contribution is -2.48. The van der Waals surface area contributed by atoms with Crippen molar-refractivity contribution in [1.29, 1.82) is 0 Å². The quantitative estimate of drug-likeness (QED) is 0.786. The molecule has 29 heavy (non-hydrogen) atoms. The number of aryl methyl sites for hydroxylation is 2. The number of nitrogens with zero attached hydrogens (tertiary/aromatic N) is 1. The Hall–Kier alpha value is -2.80. The van der Waals surface area contributed by atoms with E-state index in [2.05, 4.69) is 5.32 Å². The number of esters is 1. The Bertz CT molecular complexity index is 1040. The molecule has 148 valence electrons. The lowest BCUT2D eigenvalue weighted by molar-refractivity contribution is -0.149. The Morgan fingerprint density at radius 1 is 1.10 bits per heavy atom. The van der Waals surface area contributed by atoms with Crippen LogP contribution in [0.4, 0.5) is 11.4 Å². The van der Waals surface area contributed by atoms with Crippen molar-refractivity contribution < 1.29 is 19.1 Å². The number of ether oxygens (including phenoxy) is 1. The molecule has 1 saturated heterocycles. The van der Waals surface area contributed by atoms with E-state index in [0.29, 0.717) is 12.1 Å². The Morgan fingerprint density at radius 3 is 2.83 bits per heavy atom. The minimum atomic E-state index is -1.10. The van der Waals surface area contributed by atoms with Gasteiger partial charge in [-0.3, -0.25) is 14.5 Å². The van der Waals surface area contributed by atoms with Crippen LogP contribution in [-0.4, -0.2) is 29.3 Å². The third-order valence-electron chi connectivity index (χ3n) is 5.71. The molecule has 1 N–H and O–H groups in total. The van der Waals surface area contributed by atoms with Gasteiger partial charge in [0, 0.05) is 23.4 Å². The molecule has 6 nitrogen and oxygen atoms in total. The highest BCUT2D eigenvalue weighted by Gasteiger charge is 2.58. The smallest absolute Gasteiger partial charge is 0.344 e. The zero-order chi connectivity index (χ0) is 20.0. The van der Waals surface area contributed by atoms with Gasteiger partial charge in [-0.1, -0.05) is 30.0 Å². The number of amides is 2. The van der Waals surface area contributed by atoms with Crippen molar-refractivity contribution >= 4 is 40.9 Å². The number of hydrogen-bond acceptors (Lipinski definition) is 5. The summed E-state index contributed by atoms with van der Waals surface area (Å²) in [5, 5.41) is 2.80. The molecule has 2 amide bonds. The van der Waals surface area contributed by atoms with E-state index in [-0.39, 0.29) is 24.8 Å². The molecular weight excluding hydrogens is 388 g/mol. The van der Waals surface area contributed by atoms with E-state index in [4.69, 9.17) is 4.74 Å². The summed E-state index contributed by atoms with van der Waals surface area (Å²) in [5.74, 6) is -1.03. The average molecular weight is 408 g/mol. The van der Waals surface area contributed by atoms with Gasteiger partial charge in [0.25, 0.3) is 5.91 Å². The lowest BCUT2D eigenvalue weighted by atomic mass is 10.1. The predicted molar refractivity (Wildman–Crippen MR) is 110 cm³/mol. The Balaban J connectivity index is 1.26. The minimum absolute atomic E-state index is 0.0954. The molecule has 0 radical (unpaired) electrons. The first kappa shape index (κ1) is 18.2. The molecule has 0 bridgehead atoms. The van der Waals surface area contributed by atoms with Crippen LogP contribution in [0.1, 0.15) is 30.4 Å². The van der Waals surface area contributed by atoms with Crippen molar-refractivity contribution in [3.63, 3.8) is 0 Å². The summed E-state index contributed by atoms with van der Waals surface area (Å²) in [6, 6.07) is 13.3. The summed E-state index contributed by atoms with van der Waals surface area (Å²) in [4.78, 5) is 39.0. The SMILES string of the molecule is O=C(COC(=O)[C@@]12CCC(=O)N1c1ccccc1S2)Nc1ccc2c(c1)CCC2. The van der Waals surface area contributed by atoms with Crippen molar-refractivity contribution in [2.24, 2.45) is 0 Å². The van der Waals surface area contributed by atoms with Crippen molar-refractivity contribution in [3.8, 4) is 0 Å². The molecule has 2 aromatic carbocycles. The van der Waals surface area contributed by atoms with Gasteiger partial charge >= 0.3 is 5.97 Å². The number of benzene rings is 2. The summed E-state index contributed by atoms with van der Waals surface area (Å²) in [6.07, 6.45) is 3.91. The molecule has 2 aliphatic heterocycles. The van der Waals surface area contributed by atoms with Gasteiger partial charge in [0.2, 0.25) is 5.91 Å². The molecule has 0 saturated carbocycles. The summed E-state index contributed by atoms with van der Waals surface area (Å²) in [5.41, 5.74) is 4.04. The van der Waals surface area contributed by atoms with E-state index in [9.17, 15) is 14.4 Å². The van der Waals surface area contributed by atoms with Gasteiger partial charge in [0.15, 0.2) is 11.5 Å². The van der Waals surface area contributed by atoms with E-state index in [0.717, 1.165) is 29.8 Å². The van der Waals surface area contributed by atoms with E-state index < -0.39 is 10.8 Å². The number of carbonyl (C=O) groups excluding carboxylic acids is 3. The number of rotatable bonds is 4. The summed E-state index contributed by atoms with van der Waals surface area (Å²) < 4.78 is 5.37. The molecule has 0 unspecified atom stereocenters. The minimum Gasteiger partial charge on any atom is -0.453 e. The first-order chi connectivity index (χ1) is 14.1. The Labute approximate surface area is 172 Å². The average Bonchev–Trinajstić information content (AvgIpc) is 3.40. The maximum absolute atomic E-state index is 13.0. The molecule has 3 aliphatic rings. The zero-order valence-electron chi connectivity index (χ0n) is 15.8. The molecule has 2 heterocycles. The number of thioether (sulfide) groups is 1. The van der Waals surface area contributed by atoms with Crippen LogP contribution < -0.4 is 10.2 Å². The Kier molecular flexibility index (Phi) is 4.35. The van der Waals surface area contributed by atoms with Crippen LogP contribution >= 0.6 is 11.8 Å². The second-order valence-corrected chi connectivity index (χ2v) is 8.86. The molecular formula is C22H20N2O4S. The van der Waals surface area contributed by atoms with Gasteiger partial charge in [0.05, 0.1) is 5.69 Å². The molecule has 7 heteroatoms. The molecule has 1 fully saturated rings. The van der Waals surface area contributed by atoms with Gasteiger partial charge in [-0.2, -0.15) is 0 Å². The monoisotopic (exact) mass is 408 g/mol. The summed E-state index contributed by atoms with van der Waals surface area (Å²) >= 11 is 1.33. The van der Waals surface area contributed by atoms with Crippen LogP contribution in [0, 0.1) is 0 Å². The number of carbonyl (C=O) groups is 3. The third kappa shape index (κ3) is 3.00. The molecule has 5 rings (SSSR count). The highest BCUT2D eigenvalue weighted by atomic mass is 32.2. The van der Waals surface area contributed by atoms with Gasteiger partial charge in [-0.05, 0) is 54.7 Å². The van der Waals surface area contributed by atoms with Crippen molar-refractivity contribution in [1.82, 2.24) is 0 Å². The van der Waals surface area contributed by atoms with Gasteiger partial charge in [-0.25, -0.2) is 4.79 Å². The molecule has 0 spiro atoms. The summed E-state index contributed by atoms with van der Waals surface area (Å²) in [6.45, 7) is -0.378. The third-order valence-corrected chi connectivity index (χ3v) is 7.17. The topological polar surface area (TPSA) is 75.7 Å². The van der Waals surface area contributed by atoms with E-state index in [1.807, 2.05) is 42.5 Å². The predicted octanol–water partition coefficient (Wildman–Crippen LogP) is 3.29. The number of fused-ring (bicyclic) bond motifs is 4. The second kappa shape index (κ2) is 6.91. The van der Waals surface area contributed by atoms with E-state index >= 15 is 0 Å². The van der Waals surface area contributed by atoms with E-state index in [1.165, 1.54) is 27.8 Å². The van der Waals surface area contributed by atoms with Crippen LogP contribution in [0.2, 0.25) is 0 Å². The first-order valence-electron chi connectivity index (χ1n) is 9.77. The normalized spacial score (nSPS) is 21.5. The maximum Gasteiger partial charge on any atom is 0.344 e. The van der Waals surface area contributed by atoms with Gasteiger partial charge in [0.1, 0.15) is 0 Å². The number of nitrogens with one attached hydrogen (secondary N) is 1. The number of para-hydroxylation sites is 1. The fourth-order valence-electron chi connectivity index (χ4n) is 4.36. The molecule has 1 atom stereocenters. The fourth-order valence-corrected chi connectivity index (χ4v) is 5.77. The first-order valence-corrected chi connectivity index (χ1v) is 10.6. The molecule has 1 aliphatic carbocycles. The van der Waals surface area contributed by atoms with Gasteiger partial charge < -0.3 is 10.1 Å². The van der Waals surface area contributed by atoms with E-state index in [1.54, 1.807) is 0 Å². The van der Waals surface area contributed by atoms with Crippen LogP contribution in [-0.2, 0) is 32.0 Å². The van der Waals surface area contributed by atoms with Crippen LogP contribution in [0.25, 0.3) is 0 Å². The fraction of sp³-hybridized carbons (Fsp3) is 0.318. The van der Waals surface area contributed by atoms with Crippen LogP contribution in [0.15, 0.2) is 47.4 Å². The largest absolute Gasteiger partial charge is 0.453 e. The van der Waals surface area contributed by atoms with Crippen LogP contribution in [0.3, 0.4) is 0 Å². The molecule has 2 aromatic rings. The maximum atomic E-state index is 13.0.